The normalized spacial score (nSPS) is 10.1. The molecule has 0 saturated carbocycles. The molecule has 0 atom stereocenters. The Morgan fingerprint density at radius 1 is 1.11 bits per heavy atom. The number of phenols is 1. The molecule has 4 heteroatoms. The molecule has 0 aliphatic heterocycles. The molecule has 1 N–H and O–H groups in total. The summed E-state index contributed by atoms with van der Waals surface area (Å²) in [5.74, 6) is 0.864. The Morgan fingerprint density at radius 2 is 1.83 bits per heavy atom. The lowest BCUT2D eigenvalue weighted by Crippen LogP contribution is -1.90. The molecule has 0 radical (unpaired) electrons. The molecule has 0 fully saturated rings. The third kappa shape index (κ3) is 2.49. The van der Waals surface area contributed by atoms with E-state index in [0.29, 0.717) is 17.1 Å². The number of aromatic hydroxyl groups is 1. The van der Waals surface area contributed by atoms with Crippen LogP contribution in [0.4, 0.5) is 0 Å². The molecule has 0 aromatic heterocycles. The molecule has 0 unspecified atom stereocenters. The van der Waals surface area contributed by atoms with Crippen LogP contribution in [0.2, 0.25) is 0 Å². The zero-order chi connectivity index (χ0) is 13.0. The van der Waals surface area contributed by atoms with Crippen LogP contribution in [0.5, 0.6) is 17.2 Å². The van der Waals surface area contributed by atoms with Crippen LogP contribution in [-0.4, -0.2) is 17.6 Å². The smallest absolute Gasteiger partial charge is 0.172 e. The van der Waals surface area contributed by atoms with Crippen LogP contribution in [0.3, 0.4) is 0 Å². The van der Waals surface area contributed by atoms with Crippen molar-refractivity contribution < 1.29 is 14.6 Å². The lowest BCUT2D eigenvalue weighted by molar-refractivity contribution is 0.112. The number of benzene rings is 2. The highest BCUT2D eigenvalue weighted by atomic mass is 32.2. The fourth-order valence-corrected chi connectivity index (χ4v) is 2.05. The molecule has 2 aromatic rings. The van der Waals surface area contributed by atoms with E-state index in [1.54, 1.807) is 42.5 Å². The van der Waals surface area contributed by atoms with Gasteiger partial charge in [0.2, 0.25) is 0 Å². The second kappa shape index (κ2) is 5.60. The van der Waals surface area contributed by atoms with Crippen molar-refractivity contribution >= 4 is 18.0 Å². The first-order valence-electron chi connectivity index (χ1n) is 5.34. The van der Waals surface area contributed by atoms with Crippen molar-refractivity contribution in [2.75, 3.05) is 6.26 Å². The van der Waals surface area contributed by atoms with Crippen molar-refractivity contribution in [1.82, 2.24) is 0 Å². The van der Waals surface area contributed by atoms with Gasteiger partial charge < -0.3 is 9.84 Å². The second-order valence-corrected chi connectivity index (χ2v) is 4.41. The maximum atomic E-state index is 10.9. The van der Waals surface area contributed by atoms with Gasteiger partial charge in [-0.1, -0.05) is 18.2 Å². The van der Waals surface area contributed by atoms with E-state index in [1.165, 1.54) is 11.8 Å². The quantitative estimate of drug-likeness (QED) is 0.672. The van der Waals surface area contributed by atoms with Crippen LogP contribution in [0.25, 0.3) is 0 Å². The highest BCUT2D eigenvalue weighted by Gasteiger charge is 2.10. The highest BCUT2D eigenvalue weighted by Crippen LogP contribution is 2.38. The van der Waals surface area contributed by atoms with Crippen LogP contribution in [-0.2, 0) is 0 Å². The monoisotopic (exact) mass is 260 g/mol. The molecule has 0 heterocycles. The van der Waals surface area contributed by atoms with Gasteiger partial charge in [-0.05, 0) is 30.5 Å². The van der Waals surface area contributed by atoms with E-state index in [9.17, 15) is 9.90 Å². The van der Waals surface area contributed by atoms with Crippen molar-refractivity contribution in [3.63, 3.8) is 0 Å². The number of hydrogen-bond donors (Lipinski definition) is 1. The Balaban J connectivity index is 2.37. The second-order valence-electron chi connectivity index (χ2n) is 3.56. The van der Waals surface area contributed by atoms with Crippen LogP contribution in [0, 0.1) is 0 Å². The summed E-state index contributed by atoms with van der Waals surface area (Å²) in [5.41, 5.74) is 0.450. The zero-order valence-corrected chi connectivity index (χ0v) is 10.6. The highest BCUT2D eigenvalue weighted by molar-refractivity contribution is 7.98. The molecule has 0 bridgehead atoms. The van der Waals surface area contributed by atoms with Crippen LogP contribution < -0.4 is 4.74 Å². The standard InChI is InChI=1S/C14H12O3S/c1-18-13-8-4-7-12(14(13)16)17-11-6-3-2-5-10(11)9-15/h2-9,16H,1H3. The zero-order valence-electron chi connectivity index (χ0n) is 9.79. The fourth-order valence-electron chi connectivity index (χ4n) is 1.54. The maximum absolute atomic E-state index is 10.9. The van der Waals surface area contributed by atoms with Gasteiger partial charge in [0.1, 0.15) is 5.75 Å². The van der Waals surface area contributed by atoms with E-state index in [-0.39, 0.29) is 5.75 Å². The largest absolute Gasteiger partial charge is 0.503 e. The Hall–Kier alpha value is -1.94. The summed E-state index contributed by atoms with van der Waals surface area (Å²) in [4.78, 5) is 11.6. The molecule has 0 saturated heterocycles. The van der Waals surface area contributed by atoms with Gasteiger partial charge in [-0.25, -0.2) is 0 Å². The van der Waals surface area contributed by atoms with E-state index in [0.717, 1.165) is 11.2 Å². The topological polar surface area (TPSA) is 46.5 Å². The number of carbonyl (C=O) groups is 1. The summed E-state index contributed by atoms with van der Waals surface area (Å²) in [6.07, 6.45) is 2.60. The first-order chi connectivity index (χ1) is 8.76. The SMILES string of the molecule is CSc1cccc(Oc2ccccc2C=O)c1O. The predicted octanol–water partition coefficient (Wildman–Crippen LogP) is 3.72. The minimum Gasteiger partial charge on any atom is -0.503 e. The summed E-state index contributed by atoms with van der Waals surface area (Å²) in [5, 5.41) is 9.98. The lowest BCUT2D eigenvalue weighted by atomic mass is 10.2. The van der Waals surface area contributed by atoms with Crippen molar-refractivity contribution in [3.05, 3.63) is 48.0 Å². The van der Waals surface area contributed by atoms with Crippen molar-refractivity contribution in [1.29, 1.82) is 0 Å². The molecule has 0 aliphatic rings. The molecule has 2 rings (SSSR count). The molecule has 0 aliphatic carbocycles. The lowest BCUT2D eigenvalue weighted by Gasteiger charge is -2.11. The van der Waals surface area contributed by atoms with Gasteiger partial charge in [0, 0.05) is 0 Å². The van der Waals surface area contributed by atoms with E-state index >= 15 is 0 Å². The van der Waals surface area contributed by atoms with Crippen molar-refractivity contribution in [2.45, 2.75) is 4.90 Å². The number of phenolic OH excluding ortho intramolecular Hbond substituents is 1. The molecule has 18 heavy (non-hydrogen) atoms. The number of para-hydroxylation sites is 2. The number of rotatable bonds is 4. The average Bonchev–Trinajstić information content (AvgIpc) is 2.42. The first kappa shape index (κ1) is 12.5. The van der Waals surface area contributed by atoms with Gasteiger partial charge in [-0.3, -0.25) is 4.79 Å². The van der Waals surface area contributed by atoms with Crippen molar-refractivity contribution in [3.8, 4) is 17.2 Å². The Morgan fingerprint density at radius 3 is 2.56 bits per heavy atom. The predicted molar refractivity (Wildman–Crippen MR) is 71.8 cm³/mol. The molecule has 2 aromatic carbocycles. The Kier molecular flexibility index (Phi) is 3.89. The summed E-state index contributed by atoms with van der Waals surface area (Å²) in [6.45, 7) is 0. The molecule has 0 amide bonds. The molecular weight excluding hydrogens is 248 g/mol. The summed E-state index contributed by atoms with van der Waals surface area (Å²) >= 11 is 1.43. The van der Waals surface area contributed by atoms with Gasteiger partial charge in [0.15, 0.2) is 17.8 Å². The third-order valence-corrected chi connectivity index (χ3v) is 3.22. The number of aldehydes is 1. The summed E-state index contributed by atoms with van der Waals surface area (Å²) < 4.78 is 5.58. The Labute approximate surface area is 109 Å². The third-order valence-electron chi connectivity index (χ3n) is 2.45. The van der Waals surface area contributed by atoms with E-state index in [4.69, 9.17) is 4.74 Å². The average molecular weight is 260 g/mol. The van der Waals surface area contributed by atoms with Gasteiger partial charge in [0.25, 0.3) is 0 Å². The molecule has 3 nitrogen and oxygen atoms in total. The Bertz CT molecular complexity index is 567. The van der Waals surface area contributed by atoms with Gasteiger partial charge in [0.05, 0.1) is 10.5 Å². The number of hydrogen-bond acceptors (Lipinski definition) is 4. The van der Waals surface area contributed by atoms with E-state index < -0.39 is 0 Å². The first-order valence-corrected chi connectivity index (χ1v) is 6.56. The maximum Gasteiger partial charge on any atom is 0.172 e. The van der Waals surface area contributed by atoms with E-state index in [1.807, 2.05) is 6.26 Å². The number of thioether (sulfide) groups is 1. The van der Waals surface area contributed by atoms with Crippen molar-refractivity contribution in [2.24, 2.45) is 0 Å². The minimum atomic E-state index is 0.0886. The van der Waals surface area contributed by atoms with Gasteiger partial charge >= 0.3 is 0 Å². The van der Waals surface area contributed by atoms with Gasteiger partial charge in [-0.15, -0.1) is 11.8 Å². The fraction of sp³-hybridized carbons (Fsp3) is 0.0714. The minimum absolute atomic E-state index is 0.0886. The molecular formula is C14H12O3S. The van der Waals surface area contributed by atoms with Crippen LogP contribution in [0.15, 0.2) is 47.4 Å². The van der Waals surface area contributed by atoms with E-state index in [2.05, 4.69) is 0 Å². The van der Waals surface area contributed by atoms with Crippen LogP contribution in [0.1, 0.15) is 10.4 Å². The molecule has 0 spiro atoms. The van der Waals surface area contributed by atoms with Gasteiger partial charge in [-0.2, -0.15) is 0 Å². The van der Waals surface area contributed by atoms with Crippen LogP contribution >= 0.6 is 11.8 Å². The number of carbonyl (C=O) groups excluding carboxylic acids is 1. The number of ether oxygens (including phenoxy) is 1. The summed E-state index contributed by atoms with van der Waals surface area (Å²) in [6, 6.07) is 12.2. The summed E-state index contributed by atoms with van der Waals surface area (Å²) in [7, 11) is 0. The molecule has 92 valence electrons.